The minimum absolute atomic E-state index is 0.0709. The fourth-order valence-corrected chi connectivity index (χ4v) is 5.39. The number of amides is 3. The van der Waals surface area contributed by atoms with Crippen molar-refractivity contribution in [2.24, 2.45) is 5.73 Å². The molecule has 3 fully saturated rings. The molecule has 7 heteroatoms. The van der Waals surface area contributed by atoms with Crippen molar-refractivity contribution in [1.82, 2.24) is 10.2 Å². The smallest absolute Gasteiger partial charge is 0.246 e. The number of hydrogen-bond donors (Lipinski definition) is 2. The number of thioether (sulfide) groups is 1. The first-order valence-electron chi connectivity index (χ1n) is 9.05. The normalized spacial score (nSPS) is 27.9. The molecule has 1 atom stereocenters. The number of nitrogens with one attached hydrogen (secondary N) is 1. The van der Waals surface area contributed by atoms with Crippen LogP contribution in [-0.2, 0) is 14.4 Å². The van der Waals surface area contributed by atoms with Crippen molar-refractivity contribution in [2.75, 3.05) is 11.5 Å². The summed E-state index contributed by atoms with van der Waals surface area (Å²) in [4.78, 5) is 39.3. The molecule has 3 N–H and O–H groups in total. The zero-order valence-electron chi connectivity index (χ0n) is 14.1. The summed E-state index contributed by atoms with van der Waals surface area (Å²) in [6.45, 7) is 0. The molecule has 0 aromatic heterocycles. The molecule has 0 bridgehead atoms. The number of nitrogens with zero attached hydrogens (tertiary/aromatic N) is 1. The summed E-state index contributed by atoms with van der Waals surface area (Å²) in [5.74, 6) is 0.100. The quantitative estimate of drug-likeness (QED) is 0.794. The highest BCUT2D eigenvalue weighted by Gasteiger charge is 2.53. The van der Waals surface area contributed by atoms with Gasteiger partial charge in [0.2, 0.25) is 17.7 Å². The minimum atomic E-state index is -0.880. The summed E-state index contributed by atoms with van der Waals surface area (Å²) in [6.07, 6.45) is 8.58. The third-order valence-corrected chi connectivity index (χ3v) is 6.67. The van der Waals surface area contributed by atoms with Gasteiger partial charge in [0.15, 0.2) is 0 Å². The van der Waals surface area contributed by atoms with Gasteiger partial charge in [0, 0.05) is 11.8 Å². The largest absolute Gasteiger partial charge is 0.368 e. The summed E-state index contributed by atoms with van der Waals surface area (Å²) >= 11 is 1.42. The van der Waals surface area contributed by atoms with Crippen LogP contribution in [0.2, 0.25) is 0 Å². The highest BCUT2D eigenvalue weighted by Crippen LogP contribution is 2.39. The topological polar surface area (TPSA) is 92.5 Å². The monoisotopic (exact) mass is 353 g/mol. The van der Waals surface area contributed by atoms with Crippen LogP contribution in [0.1, 0.15) is 57.8 Å². The molecular weight excluding hydrogens is 326 g/mol. The van der Waals surface area contributed by atoms with E-state index in [9.17, 15) is 14.4 Å². The van der Waals surface area contributed by atoms with E-state index in [1.54, 1.807) is 4.90 Å². The second kappa shape index (κ2) is 7.33. The summed E-state index contributed by atoms with van der Waals surface area (Å²) in [5, 5.41) is 3.19. The maximum atomic E-state index is 13.2. The van der Waals surface area contributed by atoms with Crippen LogP contribution in [0.5, 0.6) is 0 Å². The highest BCUT2D eigenvalue weighted by atomic mass is 32.2. The fourth-order valence-electron chi connectivity index (χ4n) is 4.43. The molecule has 2 aliphatic carbocycles. The van der Waals surface area contributed by atoms with E-state index in [4.69, 9.17) is 5.73 Å². The molecule has 1 heterocycles. The van der Waals surface area contributed by atoms with Crippen LogP contribution in [0.15, 0.2) is 0 Å². The Morgan fingerprint density at radius 1 is 1.12 bits per heavy atom. The standard InChI is InChI=1S/C17H27N3O3S/c18-15(22)13-10-24-11-14(21)20(13)17(8-4-5-9-17)16(23)19-12-6-2-1-3-7-12/h12-13H,1-11H2,(H2,18,22)(H,19,23)/t13-/m0/s1. The Labute approximate surface area is 147 Å². The van der Waals surface area contributed by atoms with E-state index < -0.39 is 17.5 Å². The van der Waals surface area contributed by atoms with Gasteiger partial charge in [-0.15, -0.1) is 11.8 Å². The average Bonchev–Trinajstić information content (AvgIpc) is 3.06. The molecule has 0 spiro atoms. The van der Waals surface area contributed by atoms with E-state index >= 15 is 0 Å². The van der Waals surface area contributed by atoms with E-state index in [2.05, 4.69) is 5.32 Å². The van der Waals surface area contributed by atoms with Crippen LogP contribution in [0.4, 0.5) is 0 Å². The Kier molecular flexibility index (Phi) is 5.37. The molecular formula is C17H27N3O3S. The predicted octanol–water partition coefficient (Wildman–Crippen LogP) is 1.18. The van der Waals surface area contributed by atoms with Gasteiger partial charge in [-0.1, -0.05) is 32.1 Å². The third-order valence-electron chi connectivity index (χ3n) is 5.66. The van der Waals surface area contributed by atoms with Gasteiger partial charge in [-0.3, -0.25) is 14.4 Å². The summed E-state index contributed by atoms with van der Waals surface area (Å²) in [5.41, 5.74) is 4.67. The van der Waals surface area contributed by atoms with Crippen molar-refractivity contribution in [2.45, 2.75) is 75.4 Å². The van der Waals surface area contributed by atoms with Crippen molar-refractivity contribution in [3.63, 3.8) is 0 Å². The zero-order valence-corrected chi connectivity index (χ0v) is 14.9. The van der Waals surface area contributed by atoms with Crippen LogP contribution < -0.4 is 11.1 Å². The molecule has 6 nitrogen and oxygen atoms in total. The molecule has 24 heavy (non-hydrogen) atoms. The molecule has 0 unspecified atom stereocenters. The first-order valence-corrected chi connectivity index (χ1v) is 10.2. The second-order valence-corrected chi connectivity index (χ2v) is 8.27. The van der Waals surface area contributed by atoms with E-state index in [1.807, 2.05) is 0 Å². The first kappa shape index (κ1) is 17.6. The van der Waals surface area contributed by atoms with Gasteiger partial charge < -0.3 is 16.0 Å². The molecule has 0 aromatic rings. The van der Waals surface area contributed by atoms with Crippen molar-refractivity contribution in [1.29, 1.82) is 0 Å². The molecule has 3 aliphatic rings. The van der Waals surface area contributed by atoms with Gasteiger partial charge in [-0.25, -0.2) is 0 Å². The second-order valence-electron chi connectivity index (χ2n) is 7.24. The van der Waals surface area contributed by atoms with E-state index in [0.717, 1.165) is 38.5 Å². The predicted molar refractivity (Wildman–Crippen MR) is 93.4 cm³/mol. The molecule has 0 aromatic carbocycles. The third kappa shape index (κ3) is 3.27. The van der Waals surface area contributed by atoms with Crippen molar-refractivity contribution >= 4 is 29.5 Å². The lowest BCUT2D eigenvalue weighted by Crippen LogP contribution is -2.67. The number of rotatable bonds is 4. The number of hydrogen-bond acceptors (Lipinski definition) is 4. The molecule has 134 valence electrons. The molecule has 0 radical (unpaired) electrons. The summed E-state index contributed by atoms with van der Waals surface area (Å²) in [6, 6.07) is -0.475. The number of primary amides is 1. The molecule has 3 rings (SSSR count). The van der Waals surface area contributed by atoms with Gasteiger partial charge in [-0.2, -0.15) is 0 Å². The lowest BCUT2D eigenvalue weighted by atomic mass is 9.89. The van der Waals surface area contributed by atoms with Crippen LogP contribution in [-0.4, -0.2) is 51.7 Å². The van der Waals surface area contributed by atoms with Crippen LogP contribution >= 0.6 is 11.8 Å². The Hall–Kier alpha value is -1.24. The average molecular weight is 353 g/mol. The molecule has 3 amide bonds. The minimum Gasteiger partial charge on any atom is -0.368 e. The van der Waals surface area contributed by atoms with Gasteiger partial charge >= 0.3 is 0 Å². The Morgan fingerprint density at radius 2 is 1.79 bits per heavy atom. The van der Waals surface area contributed by atoms with Crippen LogP contribution in [0, 0.1) is 0 Å². The molecule has 1 aliphatic heterocycles. The number of carbonyl (C=O) groups is 3. The van der Waals surface area contributed by atoms with Gasteiger partial charge in [0.05, 0.1) is 5.75 Å². The molecule has 1 saturated heterocycles. The lowest BCUT2D eigenvalue weighted by Gasteiger charge is -2.46. The van der Waals surface area contributed by atoms with Gasteiger partial charge in [-0.05, 0) is 25.7 Å². The highest BCUT2D eigenvalue weighted by molar-refractivity contribution is 8.00. The Bertz CT molecular complexity index is 513. The van der Waals surface area contributed by atoms with E-state index in [0.29, 0.717) is 24.3 Å². The SMILES string of the molecule is NC(=O)[C@@H]1CSCC(=O)N1C1(C(=O)NC2CCCCC2)CCCC1. The Balaban J connectivity index is 1.84. The first-order chi connectivity index (χ1) is 11.5. The number of carbonyl (C=O) groups excluding carboxylic acids is 3. The van der Waals surface area contributed by atoms with Crippen molar-refractivity contribution in [3.8, 4) is 0 Å². The zero-order chi connectivity index (χ0) is 17.2. The maximum Gasteiger partial charge on any atom is 0.246 e. The lowest BCUT2D eigenvalue weighted by molar-refractivity contribution is -0.153. The van der Waals surface area contributed by atoms with Crippen LogP contribution in [0.25, 0.3) is 0 Å². The van der Waals surface area contributed by atoms with Gasteiger partial charge in [0.25, 0.3) is 0 Å². The Morgan fingerprint density at radius 3 is 2.42 bits per heavy atom. The van der Waals surface area contributed by atoms with Crippen LogP contribution in [0.3, 0.4) is 0 Å². The van der Waals surface area contributed by atoms with Gasteiger partial charge in [0.1, 0.15) is 11.6 Å². The van der Waals surface area contributed by atoms with E-state index in [-0.39, 0.29) is 17.9 Å². The number of nitrogens with two attached hydrogens (primary N) is 1. The fraction of sp³-hybridized carbons (Fsp3) is 0.824. The van der Waals surface area contributed by atoms with Crippen molar-refractivity contribution < 1.29 is 14.4 Å². The molecule has 2 saturated carbocycles. The maximum absolute atomic E-state index is 13.2. The summed E-state index contributed by atoms with van der Waals surface area (Å²) in [7, 11) is 0. The summed E-state index contributed by atoms with van der Waals surface area (Å²) < 4.78 is 0. The van der Waals surface area contributed by atoms with E-state index in [1.165, 1.54) is 18.2 Å². The van der Waals surface area contributed by atoms with Crippen molar-refractivity contribution in [3.05, 3.63) is 0 Å².